The molecule has 1 aliphatic heterocycles. The van der Waals surface area contributed by atoms with Gasteiger partial charge in [-0.3, -0.25) is 9.69 Å². The Kier molecular flexibility index (Phi) is 3.65. The van der Waals surface area contributed by atoms with Gasteiger partial charge >= 0.3 is 0 Å². The molecule has 0 radical (unpaired) electrons. The van der Waals surface area contributed by atoms with Crippen LogP contribution in [0.5, 0.6) is 0 Å². The Morgan fingerprint density at radius 2 is 2.04 bits per heavy atom. The number of rotatable bonds is 4. The maximum atomic E-state index is 12.4. The minimum absolute atomic E-state index is 0.0460. The standard InChI is InChI=1S/C16H20N4O3/c1-11-13(4-9-22-11)16(21)20-7-5-19(6-8-20)10-14-17-18-15(23-14)12-2-3-12/h4,9,12H,2-3,5-8,10H2,1H3. The van der Waals surface area contributed by atoms with E-state index in [9.17, 15) is 4.79 Å². The van der Waals surface area contributed by atoms with Gasteiger partial charge in [0.05, 0.1) is 18.4 Å². The van der Waals surface area contributed by atoms with Gasteiger partial charge in [0.2, 0.25) is 11.8 Å². The third-order valence-corrected chi connectivity index (χ3v) is 4.52. The van der Waals surface area contributed by atoms with Crippen molar-refractivity contribution in [1.29, 1.82) is 0 Å². The summed E-state index contributed by atoms with van der Waals surface area (Å²) in [6.45, 7) is 5.50. The SMILES string of the molecule is Cc1occc1C(=O)N1CCN(Cc2nnc(C3CC3)o2)CC1. The summed E-state index contributed by atoms with van der Waals surface area (Å²) in [7, 11) is 0. The molecule has 2 aromatic rings. The van der Waals surface area contributed by atoms with E-state index >= 15 is 0 Å². The van der Waals surface area contributed by atoms with E-state index < -0.39 is 0 Å². The van der Waals surface area contributed by atoms with Gasteiger partial charge in [-0.05, 0) is 25.8 Å². The zero-order valence-corrected chi connectivity index (χ0v) is 13.2. The predicted octanol–water partition coefficient (Wildman–Crippen LogP) is 1.81. The summed E-state index contributed by atoms with van der Waals surface area (Å²) in [6.07, 6.45) is 3.89. The molecule has 23 heavy (non-hydrogen) atoms. The molecule has 0 atom stereocenters. The lowest BCUT2D eigenvalue weighted by molar-refractivity contribution is 0.0616. The minimum atomic E-state index is 0.0460. The normalized spacial score (nSPS) is 19.3. The van der Waals surface area contributed by atoms with Gasteiger partial charge < -0.3 is 13.7 Å². The molecule has 4 rings (SSSR count). The van der Waals surface area contributed by atoms with Crippen LogP contribution in [0.25, 0.3) is 0 Å². The highest BCUT2D eigenvalue weighted by Gasteiger charge is 2.30. The highest BCUT2D eigenvalue weighted by atomic mass is 16.4. The second kappa shape index (κ2) is 5.81. The zero-order valence-electron chi connectivity index (χ0n) is 13.2. The molecule has 1 amide bonds. The van der Waals surface area contributed by atoms with Crippen molar-refractivity contribution in [3.8, 4) is 0 Å². The molecule has 1 aliphatic carbocycles. The Bertz CT molecular complexity index is 696. The Morgan fingerprint density at radius 1 is 1.26 bits per heavy atom. The largest absolute Gasteiger partial charge is 0.469 e. The summed E-state index contributed by atoms with van der Waals surface area (Å²) in [4.78, 5) is 16.6. The lowest BCUT2D eigenvalue weighted by Crippen LogP contribution is -2.48. The zero-order chi connectivity index (χ0) is 15.8. The van der Waals surface area contributed by atoms with Gasteiger partial charge in [-0.2, -0.15) is 0 Å². The topological polar surface area (TPSA) is 75.6 Å². The van der Waals surface area contributed by atoms with E-state index in [4.69, 9.17) is 8.83 Å². The van der Waals surface area contributed by atoms with Crippen LogP contribution in [0, 0.1) is 6.92 Å². The number of carbonyl (C=O) groups excluding carboxylic acids is 1. The molecule has 1 saturated carbocycles. The van der Waals surface area contributed by atoms with E-state index in [2.05, 4.69) is 15.1 Å². The van der Waals surface area contributed by atoms with Crippen LogP contribution in [0.15, 0.2) is 21.2 Å². The first-order valence-corrected chi connectivity index (χ1v) is 8.08. The number of carbonyl (C=O) groups is 1. The fourth-order valence-corrected chi connectivity index (χ4v) is 2.90. The average molecular weight is 316 g/mol. The number of aryl methyl sites for hydroxylation is 1. The molecular weight excluding hydrogens is 296 g/mol. The smallest absolute Gasteiger partial charge is 0.257 e. The van der Waals surface area contributed by atoms with Crippen molar-refractivity contribution in [2.75, 3.05) is 26.2 Å². The summed E-state index contributed by atoms with van der Waals surface area (Å²) in [5.41, 5.74) is 0.657. The fraction of sp³-hybridized carbons (Fsp3) is 0.562. The Morgan fingerprint density at radius 3 is 2.70 bits per heavy atom. The molecular formula is C16H20N4O3. The van der Waals surface area contributed by atoms with Gasteiger partial charge in [0, 0.05) is 32.1 Å². The van der Waals surface area contributed by atoms with Gasteiger partial charge in [0.15, 0.2) is 0 Å². The Hall–Kier alpha value is -2.15. The molecule has 122 valence electrons. The lowest BCUT2D eigenvalue weighted by atomic mass is 10.2. The molecule has 7 nitrogen and oxygen atoms in total. The van der Waals surface area contributed by atoms with E-state index in [0.29, 0.717) is 42.8 Å². The second-order valence-electron chi connectivity index (χ2n) is 6.27. The summed E-state index contributed by atoms with van der Waals surface area (Å²) in [6, 6.07) is 1.74. The first-order valence-electron chi connectivity index (χ1n) is 8.08. The highest BCUT2D eigenvalue weighted by molar-refractivity contribution is 5.95. The molecule has 0 aromatic carbocycles. The molecule has 7 heteroatoms. The third kappa shape index (κ3) is 3.01. The first-order chi connectivity index (χ1) is 11.2. The van der Waals surface area contributed by atoms with Crippen molar-refractivity contribution in [3.05, 3.63) is 35.4 Å². The van der Waals surface area contributed by atoms with Crippen molar-refractivity contribution in [1.82, 2.24) is 20.0 Å². The van der Waals surface area contributed by atoms with Crippen LogP contribution in [-0.4, -0.2) is 52.1 Å². The number of aromatic nitrogens is 2. The van der Waals surface area contributed by atoms with Gasteiger partial charge in [0.1, 0.15) is 5.76 Å². The molecule has 2 aromatic heterocycles. The number of nitrogens with zero attached hydrogens (tertiary/aromatic N) is 4. The lowest BCUT2D eigenvalue weighted by Gasteiger charge is -2.33. The maximum Gasteiger partial charge on any atom is 0.257 e. The van der Waals surface area contributed by atoms with Crippen LogP contribution in [-0.2, 0) is 6.54 Å². The summed E-state index contributed by atoms with van der Waals surface area (Å²) >= 11 is 0. The van der Waals surface area contributed by atoms with Crippen molar-refractivity contribution in [3.63, 3.8) is 0 Å². The molecule has 2 fully saturated rings. The monoisotopic (exact) mass is 316 g/mol. The van der Waals surface area contributed by atoms with Gasteiger partial charge in [-0.1, -0.05) is 0 Å². The number of hydrogen-bond donors (Lipinski definition) is 0. The molecule has 0 unspecified atom stereocenters. The summed E-state index contributed by atoms with van der Waals surface area (Å²) in [5, 5.41) is 8.24. The van der Waals surface area contributed by atoms with E-state index in [0.717, 1.165) is 31.8 Å². The van der Waals surface area contributed by atoms with Crippen LogP contribution < -0.4 is 0 Å². The van der Waals surface area contributed by atoms with Gasteiger partial charge in [-0.15, -0.1) is 10.2 Å². The number of hydrogen-bond acceptors (Lipinski definition) is 6. The van der Waals surface area contributed by atoms with Crippen molar-refractivity contribution >= 4 is 5.91 Å². The van der Waals surface area contributed by atoms with Gasteiger partial charge in [0.25, 0.3) is 5.91 Å². The van der Waals surface area contributed by atoms with Crippen molar-refractivity contribution in [2.45, 2.75) is 32.2 Å². The van der Waals surface area contributed by atoms with Crippen LogP contribution in [0.1, 0.15) is 46.7 Å². The van der Waals surface area contributed by atoms with Crippen molar-refractivity contribution < 1.29 is 13.6 Å². The Balaban J connectivity index is 1.31. The van der Waals surface area contributed by atoms with Gasteiger partial charge in [-0.25, -0.2) is 0 Å². The molecule has 2 aliphatic rings. The second-order valence-corrected chi connectivity index (χ2v) is 6.27. The van der Waals surface area contributed by atoms with Crippen LogP contribution >= 0.6 is 0 Å². The quantitative estimate of drug-likeness (QED) is 0.856. The van der Waals surface area contributed by atoms with E-state index in [1.54, 1.807) is 12.3 Å². The highest BCUT2D eigenvalue weighted by Crippen LogP contribution is 2.39. The summed E-state index contributed by atoms with van der Waals surface area (Å²) < 4.78 is 10.9. The Labute approximate surface area is 134 Å². The third-order valence-electron chi connectivity index (χ3n) is 4.52. The summed E-state index contributed by atoms with van der Waals surface area (Å²) in [5.74, 6) is 2.67. The maximum absolute atomic E-state index is 12.4. The van der Waals surface area contributed by atoms with Crippen LogP contribution in [0.3, 0.4) is 0 Å². The molecule has 1 saturated heterocycles. The number of amides is 1. The molecule has 3 heterocycles. The van der Waals surface area contributed by atoms with Crippen molar-refractivity contribution in [2.24, 2.45) is 0 Å². The molecule has 0 N–H and O–H groups in total. The van der Waals surface area contributed by atoms with Crippen LogP contribution in [0.4, 0.5) is 0 Å². The van der Waals surface area contributed by atoms with E-state index in [1.165, 1.54) is 0 Å². The van der Waals surface area contributed by atoms with E-state index in [-0.39, 0.29) is 5.91 Å². The number of piperazine rings is 1. The number of furan rings is 1. The fourth-order valence-electron chi connectivity index (χ4n) is 2.90. The minimum Gasteiger partial charge on any atom is -0.469 e. The molecule has 0 bridgehead atoms. The average Bonchev–Trinajstić information content (AvgIpc) is 3.16. The van der Waals surface area contributed by atoms with Crippen LogP contribution in [0.2, 0.25) is 0 Å². The molecule has 0 spiro atoms. The first kappa shape index (κ1) is 14.4. The predicted molar refractivity (Wildman–Crippen MR) is 80.9 cm³/mol. The van der Waals surface area contributed by atoms with E-state index in [1.807, 2.05) is 11.8 Å².